The van der Waals surface area contributed by atoms with Gasteiger partial charge in [-0.1, -0.05) is 11.6 Å². The predicted molar refractivity (Wildman–Crippen MR) is 96.0 cm³/mol. The predicted octanol–water partition coefficient (Wildman–Crippen LogP) is 2.28. The summed E-state index contributed by atoms with van der Waals surface area (Å²) < 4.78 is 5.47. The van der Waals surface area contributed by atoms with E-state index in [2.05, 4.69) is 15.6 Å². The molecule has 2 amide bonds. The standard InChI is InChI=1S/C18H20ClN3O3/c1-12-9-15(10-13(2)17(12)19)25-11-16(23)21-7-8-22-18(24)14-3-5-20-6-4-14/h3-6,9-10H,7-8,11H2,1-2H3,(H,21,23)(H,22,24). The van der Waals surface area contributed by atoms with Gasteiger partial charge in [-0.25, -0.2) is 0 Å². The fourth-order valence-corrected chi connectivity index (χ4v) is 2.28. The van der Waals surface area contributed by atoms with Gasteiger partial charge >= 0.3 is 0 Å². The number of carbonyl (C=O) groups excluding carboxylic acids is 2. The summed E-state index contributed by atoms with van der Waals surface area (Å²) in [5.74, 6) is 0.129. The number of hydrogen-bond acceptors (Lipinski definition) is 4. The maximum absolute atomic E-state index is 11.8. The second kappa shape index (κ2) is 9.03. The number of halogens is 1. The largest absolute Gasteiger partial charge is 0.484 e. The Hall–Kier alpha value is -2.60. The van der Waals surface area contributed by atoms with E-state index in [0.29, 0.717) is 29.4 Å². The molecule has 0 aliphatic rings. The van der Waals surface area contributed by atoms with Crippen LogP contribution < -0.4 is 15.4 Å². The van der Waals surface area contributed by atoms with Crippen LogP contribution in [0.1, 0.15) is 21.5 Å². The van der Waals surface area contributed by atoms with Crippen molar-refractivity contribution >= 4 is 23.4 Å². The Kier molecular flexibility index (Phi) is 6.77. The molecule has 0 spiro atoms. The van der Waals surface area contributed by atoms with Crippen LogP contribution in [-0.4, -0.2) is 36.5 Å². The highest BCUT2D eigenvalue weighted by Gasteiger charge is 2.07. The van der Waals surface area contributed by atoms with Gasteiger partial charge in [0.25, 0.3) is 11.8 Å². The van der Waals surface area contributed by atoms with Gasteiger partial charge in [0.05, 0.1) is 0 Å². The van der Waals surface area contributed by atoms with Gasteiger partial charge in [0, 0.05) is 36.1 Å². The molecule has 0 aliphatic carbocycles. The van der Waals surface area contributed by atoms with Gasteiger partial charge in [0.15, 0.2) is 6.61 Å². The van der Waals surface area contributed by atoms with Crippen LogP contribution in [0.15, 0.2) is 36.7 Å². The lowest BCUT2D eigenvalue weighted by Crippen LogP contribution is -2.36. The summed E-state index contributed by atoms with van der Waals surface area (Å²) in [5, 5.41) is 6.09. The van der Waals surface area contributed by atoms with E-state index in [1.165, 1.54) is 0 Å². The van der Waals surface area contributed by atoms with Crippen molar-refractivity contribution in [2.45, 2.75) is 13.8 Å². The number of ether oxygens (including phenoxy) is 1. The van der Waals surface area contributed by atoms with Crippen LogP contribution in [0.5, 0.6) is 5.75 Å². The molecule has 0 bridgehead atoms. The first-order chi connectivity index (χ1) is 12.0. The van der Waals surface area contributed by atoms with Crippen LogP contribution >= 0.6 is 11.6 Å². The molecule has 0 unspecified atom stereocenters. The van der Waals surface area contributed by atoms with Gasteiger partial charge in [-0.3, -0.25) is 14.6 Å². The highest BCUT2D eigenvalue weighted by Crippen LogP contribution is 2.25. The van der Waals surface area contributed by atoms with Crippen LogP contribution in [0.2, 0.25) is 5.02 Å². The Labute approximate surface area is 151 Å². The molecule has 7 heteroatoms. The molecule has 132 valence electrons. The molecule has 0 aliphatic heterocycles. The Morgan fingerprint density at radius 3 is 2.32 bits per heavy atom. The summed E-state index contributed by atoms with van der Waals surface area (Å²) in [4.78, 5) is 27.4. The molecule has 6 nitrogen and oxygen atoms in total. The van der Waals surface area contributed by atoms with E-state index in [9.17, 15) is 9.59 Å². The van der Waals surface area contributed by atoms with E-state index < -0.39 is 0 Å². The molecule has 0 saturated carbocycles. The van der Waals surface area contributed by atoms with Gasteiger partial charge in [-0.15, -0.1) is 0 Å². The molecule has 2 aromatic rings. The van der Waals surface area contributed by atoms with Gasteiger partial charge < -0.3 is 15.4 Å². The molecular formula is C18H20ClN3O3. The maximum Gasteiger partial charge on any atom is 0.258 e. The average molecular weight is 362 g/mol. The molecule has 0 radical (unpaired) electrons. The molecule has 1 aromatic carbocycles. The fraction of sp³-hybridized carbons (Fsp3) is 0.278. The van der Waals surface area contributed by atoms with Crippen molar-refractivity contribution in [1.82, 2.24) is 15.6 Å². The van der Waals surface area contributed by atoms with Crippen LogP contribution in [0.25, 0.3) is 0 Å². The molecule has 1 aromatic heterocycles. The number of hydrogen-bond donors (Lipinski definition) is 2. The van der Waals surface area contributed by atoms with Gasteiger partial charge in [0.2, 0.25) is 0 Å². The van der Waals surface area contributed by atoms with Gasteiger partial charge in [0.1, 0.15) is 5.75 Å². The number of benzene rings is 1. The highest BCUT2D eigenvalue weighted by molar-refractivity contribution is 6.32. The molecular weight excluding hydrogens is 342 g/mol. The normalized spacial score (nSPS) is 10.2. The van der Waals surface area contributed by atoms with Gasteiger partial charge in [-0.05, 0) is 49.2 Å². The lowest BCUT2D eigenvalue weighted by molar-refractivity contribution is -0.123. The number of carbonyl (C=O) groups is 2. The molecule has 0 atom stereocenters. The van der Waals surface area contributed by atoms with E-state index in [1.807, 2.05) is 13.8 Å². The Morgan fingerprint density at radius 2 is 1.68 bits per heavy atom. The third-order valence-corrected chi connectivity index (χ3v) is 4.05. The number of pyridine rings is 1. The maximum atomic E-state index is 11.8. The molecule has 0 saturated heterocycles. The second-order valence-electron chi connectivity index (χ2n) is 5.50. The van der Waals surface area contributed by atoms with Crippen LogP contribution in [-0.2, 0) is 4.79 Å². The zero-order valence-corrected chi connectivity index (χ0v) is 14.9. The number of rotatable bonds is 7. The number of nitrogens with one attached hydrogen (secondary N) is 2. The summed E-state index contributed by atoms with van der Waals surface area (Å²) in [6.45, 7) is 4.31. The topological polar surface area (TPSA) is 80.3 Å². The van der Waals surface area contributed by atoms with E-state index in [0.717, 1.165) is 11.1 Å². The minimum Gasteiger partial charge on any atom is -0.484 e. The van der Waals surface area contributed by atoms with Gasteiger partial charge in [-0.2, -0.15) is 0 Å². The number of aromatic nitrogens is 1. The summed E-state index contributed by atoms with van der Waals surface area (Å²) in [6.07, 6.45) is 3.10. The summed E-state index contributed by atoms with van der Waals surface area (Å²) in [5.41, 5.74) is 2.32. The fourth-order valence-electron chi connectivity index (χ4n) is 2.17. The molecule has 0 fully saturated rings. The Bertz CT molecular complexity index is 727. The van der Waals surface area contributed by atoms with Crippen molar-refractivity contribution in [2.24, 2.45) is 0 Å². The third kappa shape index (κ3) is 5.76. The van der Waals surface area contributed by atoms with E-state index in [-0.39, 0.29) is 18.4 Å². The SMILES string of the molecule is Cc1cc(OCC(=O)NCCNC(=O)c2ccncc2)cc(C)c1Cl. The molecule has 25 heavy (non-hydrogen) atoms. The second-order valence-corrected chi connectivity index (χ2v) is 5.88. The minimum absolute atomic E-state index is 0.0984. The summed E-state index contributed by atoms with van der Waals surface area (Å²) >= 11 is 6.09. The van der Waals surface area contributed by atoms with E-state index >= 15 is 0 Å². The zero-order chi connectivity index (χ0) is 18.2. The first-order valence-corrected chi connectivity index (χ1v) is 8.19. The third-order valence-electron chi connectivity index (χ3n) is 3.46. The van der Waals surface area contributed by atoms with Crippen molar-refractivity contribution < 1.29 is 14.3 Å². The smallest absolute Gasteiger partial charge is 0.258 e. The van der Waals surface area contributed by atoms with Crippen LogP contribution in [0.4, 0.5) is 0 Å². The lowest BCUT2D eigenvalue weighted by atomic mass is 10.1. The molecule has 2 rings (SSSR count). The Morgan fingerprint density at radius 1 is 1.08 bits per heavy atom. The molecule has 2 N–H and O–H groups in total. The Balaban J connectivity index is 1.68. The van der Waals surface area contributed by atoms with E-state index in [1.54, 1.807) is 36.7 Å². The first-order valence-electron chi connectivity index (χ1n) is 7.82. The lowest BCUT2D eigenvalue weighted by Gasteiger charge is -2.10. The zero-order valence-electron chi connectivity index (χ0n) is 14.1. The van der Waals surface area contributed by atoms with Crippen LogP contribution in [0, 0.1) is 13.8 Å². The van der Waals surface area contributed by atoms with Crippen molar-refractivity contribution in [3.05, 3.63) is 58.4 Å². The minimum atomic E-state index is -0.261. The molecule has 1 heterocycles. The average Bonchev–Trinajstić information content (AvgIpc) is 2.62. The van der Waals surface area contributed by atoms with Crippen molar-refractivity contribution in [1.29, 1.82) is 0 Å². The van der Waals surface area contributed by atoms with Crippen molar-refractivity contribution in [3.63, 3.8) is 0 Å². The summed E-state index contributed by atoms with van der Waals surface area (Å²) in [6, 6.07) is 6.82. The highest BCUT2D eigenvalue weighted by atomic mass is 35.5. The summed E-state index contributed by atoms with van der Waals surface area (Å²) in [7, 11) is 0. The number of amides is 2. The van der Waals surface area contributed by atoms with Crippen molar-refractivity contribution in [2.75, 3.05) is 19.7 Å². The quantitative estimate of drug-likeness (QED) is 0.741. The van der Waals surface area contributed by atoms with Crippen molar-refractivity contribution in [3.8, 4) is 5.75 Å². The first kappa shape index (κ1) is 18.7. The number of nitrogens with zero attached hydrogens (tertiary/aromatic N) is 1. The van der Waals surface area contributed by atoms with Crippen LogP contribution in [0.3, 0.4) is 0 Å². The monoisotopic (exact) mass is 361 g/mol. The van der Waals surface area contributed by atoms with E-state index in [4.69, 9.17) is 16.3 Å². The number of aryl methyl sites for hydroxylation is 2.